The van der Waals surface area contributed by atoms with Crippen LogP contribution in [0.25, 0.3) is 11.0 Å². The van der Waals surface area contributed by atoms with E-state index >= 15 is 0 Å². The van der Waals surface area contributed by atoms with Gasteiger partial charge in [0.05, 0.1) is 31.6 Å². The quantitative estimate of drug-likeness (QED) is 0.315. The third-order valence-electron chi connectivity index (χ3n) is 6.32. The van der Waals surface area contributed by atoms with Crippen molar-refractivity contribution in [2.45, 2.75) is 65.0 Å². The first-order valence-corrected chi connectivity index (χ1v) is 13.3. The fraction of sp³-hybridized carbons (Fsp3) is 0.519. The highest BCUT2D eigenvalue weighted by molar-refractivity contribution is 6.30. The molecule has 3 heterocycles. The third-order valence-corrected chi connectivity index (χ3v) is 6.58. The van der Waals surface area contributed by atoms with Gasteiger partial charge in [-0.15, -0.1) is 0 Å². The van der Waals surface area contributed by atoms with Crippen LogP contribution in [0.5, 0.6) is 5.88 Å². The normalized spacial score (nSPS) is 15.7. The molecule has 8 nitrogen and oxygen atoms in total. The van der Waals surface area contributed by atoms with E-state index in [0.29, 0.717) is 24.9 Å². The summed E-state index contributed by atoms with van der Waals surface area (Å²) in [4.78, 5) is 13.7. The smallest absolute Gasteiger partial charge is 0.475 e. The van der Waals surface area contributed by atoms with Gasteiger partial charge in [-0.25, -0.2) is 9.48 Å². The Hall–Kier alpha value is -2.89. The van der Waals surface area contributed by atoms with E-state index in [-0.39, 0.29) is 6.10 Å². The summed E-state index contributed by atoms with van der Waals surface area (Å²) < 4.78 is 45.9. The molecule has 1 aliphatic heterocycles. The van der Waals surface area contributed by atoms with E-state index in [9.17, 15) is 13.2 Å². The van der Waals surface area contributed by atoms with Gasteiger partial charge in [0.15, 0.2) is 5.65 Å². The van der Waals surface area contributed by atoms with Crippen LogP contribution in [0.15, 0.2) is 36.4 Å². The molecule has 1 aromatic carbocycles. The van der Waals surface area contributed by atoms with Crippen molar-refractivity contribution in [3.05, 3.63) is 52.7 Å². The minimum Gasteiger partial charge on any atom is -0.475 e. The Morgan fingerprint density at radius 1 is 1.21 bits per heavy atom. The average Bonchev–Trinajstić information content (AvgIpc) is 3.25. The van der Waals surface area contributed by atoms with E-state index < -0.39 is 12.1 Å². The van der Waals surface area contributed by atoms with Crippen LogP contribution in [0, 0.1) is 5.92 Å². The standard InChI is InChI=1S/C25H33ClN4O2.C2HF3O2/c1-3-21(4-2)32-24-12-11-22-23(17-31-16-19-6-5-13-27-14-19)29-30(25(22)28-24)15-18-7-9-20(26)10-8-18;3-2(4,5)1(6)7/h7-12,19,21,27H,3-6,13-17H2,1-2H3;(H,6,7). The van der Waals surface area contributed by atoms with Crippen LogP contribution in [0.2, 0.25) is 5.02 Å². The van der Waals surface area contributed by atoms with Crippen LogP contribution < -0.4 is 10.1 Å². The number of alkyl halides is 3. The molecule has 2 aromatic heterocycles. The summed E-state index contributed by atoms with van der Waals surface area (Å²) in [6.45, 7) is 8.26. The minimum atomic E-state index is -5.08. The molecule has 1 unspecified atom stereocenters. The lowest BCUT2D eigenvalue weighted by Gasteiger charge is -2.22. The Kier molecular flexibility index (Phi) is 11.4. The maximum Gasteiger partial charge on any atom is 0.490 e. The molecule has 0 aliphatic carbocycles. The van der Waals surface area contributed by atoms with E-state index in [1.165, 1.54) is 12.8 Å². The number of carbonyl (C=O) groups is 1. The van der Waals surface area contributed by atoms with Gasteiger partial charge in [0, 0.05) is 23.0 Å². The fourth-order valence-electron chi connectivity index (χ4n) is 4.16. The van der Waals surface area contributed by atoms with Gasteiger partial charge in [-0.1, -0.05) is 37.6 Å². The van der Waals surface area contributed by atoms with E-state index in [1.54, 1.807) is 0 Å². The summed E-state index contributed by atoms with van der Waals surface area (Å²) in [7, 11) is 0. The molecule has 1 fully saturated rings. The van der Waals surface area contributed by atoms with Gasteiger partial charge in [-0.2, -0.15) is 23.3 Å². The van der Waals surface area contributed by atoms with Crippen molar-refractivity contribution >= 4 is 28.6 Å². The largest absolute Gasteiger partial charge is 0.490 e. The number of hydrogen-bond donors (Lipinski definition) is 2. The van der Waals surface area contributed by atoms with Crippen molar-refractivity contribution in [1.82, 2.24) is 20.1 Å². The van der Waals surface area contributed by atoms with Gasteiger partial charge in [0.1, 0.15) is 0 Å². The molecular formula is C27H34ClF3N4O4. The SMILES string of the molecule is CCC(CC)Oc1ccc2c(COCC3CCCNC3)nn(Cc3ccc(Cl)cc3)c2n1.O=C(O)C(F)(F)F. The molecular weight excluding hydrogens is 537 g/mol. The molecule has 1 aliphatic rings. The molecule has 214 valence electrons. The molecule has 2 N–H and O–H groups in total. The number of carboxylic acids is 1. The number of hydrogen-bond acceptors (Lipinski definition) is 6. The molecule has 0 bridgehead atoms. The van der Waals surface area contributed by atoms with Gasteiger partial charge in [-0.3, -0.25) is 0 Å². The van der Waals surface area contributed by atoms with E-state index in [4.69, 9.17) is 41.1 Å². The number of piperidine rings is 1. The topological polar surface area (TPSA) is 98.5 Å². The number of nitrogens with zero attached hydrogens (tertiary/aromatic N) is 3. The molecule has 0 amide bonds. The molecule has 1 saturated heterocycles. The first-order chi connectivity index (χ1) is 18.6. The van der Waals surface area contributed by atoms with Crippen LogP contribution in [-0.4, -0.2) is 57.8 Å². The van der Waals surface area contributed by atoms with Gasteiger partial charge in [0.25, 0.3) is 0 Å². The number of nitrogens with one attached hydrogen (secondary N) is 1. The maximum atomic E-state index is 10.6. The number of halogens is 4. The number of rotatable bonds is 10. The lowest BCUT2D eigenvalue weighted by Crippen LogP contribution is -2.32. The van der Waals surface area contributed by atoms with Crippen molar-refractivity contribution in [3.63, 3.8) is 0 Å². The van der Waals surface area contributed by atoms with Crippen molar-refractivity contribution in [3.8, 4) is 5.88 Å². The molecule has 0 saturated carbocycles. The molecule has 4 rings (SSSR count). The molecule has 39 heavy (non-hydrogen) atoms. The van der Waals surface area contributed by atoms with E-state index in [0.717, 1.165) is 59.9 Å². The molecule has 0 radical (unpaired) electrons. The average molecular weight is 571 g/mol. The zero-order valence-corrected chi connectivity index (χ0v) is 22.8. The zero-order valence-electron chi connectivity index (χ0n) is 22.0. The van der Waals surface area contributed by atoms with Crippen LogP contribution >= 0.6 is 11.6 Å². The van der Waals surface area contributed by atoms with E-state index in [1.807, 2.05) is 35.0 Å². The highest BCUT2D eigenvalue weighted by Crippen LogP contribution is 2.24. The number of fused-ring (bicyclic) bond motifs is 1. The van der Waals surface area contributed by atoms with Crippen LogP contribution in [0.4, 0.5) is 13.2 Å². The van der Waals surface area contributed by atoms with Crippen molar-refractivity contribution in [2.24, 2.45) is 5.92 Å². The lowest BCUT2D eigenvalue weighted by molar-refractivity contribution is -0.192. The van der Waals surface area contributed by atoms with Crippen molar-refractivity contribution < 1.29 is 32.5 Å². The number of benzene rings is 1. The van der Waals surface area contributed by atoms with Gasteiger partial charge in [-0.05, 0) is 61.9 Å². The number of carboxylic acid groups (broad SMARTS) is 1. The second-order valence-corrected chi connectivity index (χ2v) is 9.77. The predicted molar refractivity (Wildman–Crippen MR) is 142 cm³/mol. The third kappa shape index (κ3) is 9.36. The van der Waals surface area contributed by atoms with Crippen LogP contribution in [0.1, 0.15) is 50.8 Å². The van der Waals surface area contributed by atoms with Crippen LogP contribution in [-0.2, 0) is 22.7 Å². The second kappa shape index (κ2) is 14.5. The summed E-state index contributed by atoms with van der Waals surface area (Å²) in [5.74, 6) is -1.54. The Bertz CT molecular complexity index is 1190. The Labute approximate surface area is 230 Å². The Morgan fingerprint density at radius 2 is 1.90 bits per heavy atom. The predicted octanol–water partition coefficient (Wildman–Crippen LogP) is 5.85. The maximum absolute atomic E-state index is 10.6. The summed E-state index contributed by atoms with van der Waals surface area (Å²) in [5.41, 5.74) is 2.85. The van der Waals surface area contributed by atoms with Gasteiger partial charge < -0.3 is 19.9 Å². The van der Waals surface area contributed by atoms with E-state index in [2.05, 4.69) is 25.2 Å². The molecule has 1 atom stereocenters. The Balaban J connectivity index is 0.000000532. The first kappa shape index (κ1) is 30.6. The molecule has 3 aromatic rings. The summed E-state index contributed by atoms with van der Waals surface area (Å²) in [6, 6.07) is 11.9. The molecule has 0 spiro atoms. The molecule has 12 heteroatoms. The number of pyridine rings is 1. The van der Waals surface area contributed by atoms with Gasteiger partial charge >= 0.3 is 12.1 Å². The minimum absolute atomic E-state index is 0.166. The number of aromatic nitrogens is 3. The van der Waals surface area contributed by atoms with Crippen LogP contribution in [0.3, 0.4) is 0 Å². The van der Waals surface area contributed by atoms with Crippen molar-refractivity contribution in [2.75, 3.05) is 19.7 Å². The summed E-state index contributed by atoms with van der Waals surface area (Å²) >= 11 is 6.06. The Morgan fingerprint density at radius 3 is 2.49 bits per heavy atom. The second-order valence-electron chi connectivity index (χ2n) is 9.34. The lowest BCUT2D eigenvalue weighted by atomic mass is 10.0. The van der Waals surface area contributed by atoms with Gasteiger partial charge in [0.2, 0.25) is 5.88 Å². The number of aliphatic carboxylic acids is 1. The summed E-state index contributed by atoms with van der Waals surface area (Å²) in [5, 5.41) is 17.2. The summed E-state index contributed by atoms with van der Waals surface area (Å²) in [6.07, 6.45) is -0.572. The fourth-order valence-corrected chi connectivity index (χ4v) is 4.29. The zero-order chi connectivity index (χ0) is 28.4. The van der Waals surface area contributed by atoms with Crippen molar-refractivity contribution in [1.29, 1.82) is 0 Å². The monoisotopic (exact) mass is 570 g/mol. The number of ether oxygens (including phenoxy) is 2. The highest BCUT2D eigenvalue weighted by atomic mass is 35.5. The highest BCUT2D eigenvalue weighted by Gasteiger charge is 2.38. The first-order valence-electron chi connectivity index (χ1n) is 13.0.